The van der Waals surface area contributed by atoms with Gasteiger partial charge in [0.15, 0.2) is 0 Å². The first-order chi connectivity index (χ1) is 8.03. The summed E-state index contributed by atoms with van der Waals surface area (Å²) < 4.78 is 5.83. The lowest BCUT2D eigenvalue weighted by atomic mass is 9.94. The first kappa shape index (κ1) is 17.1. The van der Waals surface area contributed by atoms with Crippen LogP contribution >= 0.6 is 0 Å². The Morgan fingerprint density at radius 2 is 1.53 bits per heavy atom. The summed E-state index contributed by atoms with van der Waals surface area (Å²) in [7, 11) is 0.829. The minimum absolute atomic E-state index is 0.0163. The number of hydrogen-bond acceptors (Lipinski definition) is 2. The third-order valence-corrected chi connectivity index (χ3v) is 4.81. The third kappa shape index (κ3) is 6.02. The van der Waals surface area contributed by atoms with Crippen LogP contribution in [0.25, 0.3) is 0 Å². The van der Waals surface area contributed by atoms with Crippen LogP contribution in [0.15, 0.2) is 0 Å². The van der Waals surface area contributed by atoms with Gasteiger partial charge in [-0.25, -0.2) is 0 Å². The van der Waals surface area contributed by atoms with Gasteiger partial charge < -0.3 is 4.43 Å². The highest BCUT2D eigenvalue weighted by Gasteiger charge is 2.31. The lowest BCUT2D eigenvalue weighted by Crippen LogP contribution is -2.51. The van der Waals surface area contributed by atoms with Crippen molar-refractivity contribution in [2.75, 3.05) is 13.1 Å². The molecule has 3 heteroatoms. The molecule has 17 heavy (non-hydrogen) atoms. The van der Waals surface area contributed by atoms with Gasteiger partial charge in [0.25, 0.3) is 0 Å². The highest BCUT2D eigenvalue weighted by Crippen LogP contribution is 2.23. The van der Waals surface area contributed by atoms with Crippen LogP contribution in [0.2, 0.25) is 0 Å². The van der Waals surface area contributed by atoms with Crippen LogP contribution in [0, 0.1) is 0 Å². The summed E-state index contributed by atoms with van der Waals surface area (Å²) in [6, 6.07) is 0.568. The van der Waals surface area contributed by atoms with E-state index in [1.165, 1.54) is 45.2 Å². The summed E-state index contributed by atoms with van der Waals surface area (Å²) in [6.07, 6.45) is 6.35. The van der Waals surface area contributed by atoms with E-state index in [2.05, 4.69) is 39.5 Å². The zero-order valence-electron chi connectivity index (χ0n) is 12.9. The van der Waals surface area contributed by atoms with Gasteiger partial charge in [-0.05, 0) is 46.2 Å². The summed E-state index contributed by atoms with van der Waals surface area (Å²) in [6.45, 7) is 13.8. The molecule has 0 aromatic carbocycles. The molecule has 0 aliphatic heterocycles. The molecule has 0 aliphatic rings. The molecule has 0 aliphatic carbocycles. The molecule has 0 heterocycles. The van der Waals surface area contributed by atoms with Gasteiger partial charge in [-0.1, -0.05) is 33.6 Å². The van der Waals surface area contributed by atoms with Crippen molar-refractivity contribution >= 4 is 10.5 Å². The maximum Gasteiger partial charge on any atom is 0.146 e. The topological polar surface area (TPSA) is 12.5 Å². The molecule has 0 amide bonds. The Morgan fingerprint density at radius 1 is 1.06 bits per heavy atom. The second kappa shape index (κ2) is 9.12. The molecule has 0 radical (unpaired) electrons. The van der Waals surface area contributed by atoms with E-state index >= 15 is 0 Å². The summed E-state index contributed by atoms with van der Waals surface area (Å²) in [5.74, 6) is 0. The molecule has 0 fully saturated rings. The number of rotatable bonds is 10. The molecule has 0 aromatic rings. The van der Waals surface area contributed by atoms with Gasteiger partial charge in [0.2, 0.25) is 0 Å². The summed E-state index contributed by atoms with van der Waals surface area (Å²) in [4.78, 5) is 2.66. The zero-order chi connectivity index (χ0) is 13.3. The van der Waals surface area contributed by atoms with Crippen LogP contribution < -0.4 is 0 Å². The predicted molar refractivity (Wildman–Crippen MR) is 80.6 cm³/mol. The van der Waals surface area contributed by atoms with Crippen molar-refractivity contribution in [2.24, 2.45) is 0 Å². The molecular weight excluding hydrogens is 226 g/mol. The van der Waals surface area contributed by atoms with Gasteiger partial charge in [0.05, 0.1) is 5.60 Å². The lowest BCUT2D eigenvalue weighted by molar-refractivity contribution is 0.00270. The van der Waals surface area contributed by atoms with E-state index in [4.69, 9.17) is 4.43 Å². The van der Waals surface area contributed by atoms with Gasteiger partial charge >= 0.3 is 0 Å². The standard InChI is InChI=1S/C14H33NOSi/c1-6-9-11-15(12-10-7-2)13(8-3)14(4,5)16-17/h13H,6-12H2,1-5,17H3. The van der Waals surface area contributed by atoms with Crippen LogP contribution in [0.4, 0.5) is 0 Å². The predicted octanol–water partition coefficient (Wildman–Crippen LogP) is 2.74. The summed E-state index contributed by atoms with van der Waals surface area (Å²) in [5.41, 5.74) is 0.0163. The van der Waals surface area contributed by atoms with Gasteiger partial charge in [0, 0.05) is 6.04 Å². The molecular formula is C14H33NOSi. The van der Waals surface area contributed by atoms with E-state index in [1.807, 2.05) is 0 Å². The Balaban J connectivity index is 4.58. The molecule has 0 bridgehead atoms. The quantitative estimate of drug-likeness (QED) is 0.559. The molecule has 0 aromatic heterocycles. The van der Waals surface area contributed by atoms with Crippen molar-refractivity contribution in [3.05, 3.63) is 0 Å². The average Bonchev–Trinajstić information content (AvgIpc) is 2.32. The molecule has 104 valence electrons. The van der Waals surface area contributed by atoms with Crippen molar-refractivity contribution < 1.29 is 4.43 Å². The third-order valence-electron chi connectivity index (χ3n) is 3.75. The van der Waals surface area contributed by atoms with Crippen LogP contribution in [-0.2, 0) is 4.43 Å². The second-order valence-electron chi connectivity index (χ2n) is 5.47. The molecule has 0 saturated heterocycles. The Labute approximate surface area is 112 Å². The van der Waals surface area contributed by atoms with Crippen molar-refractivity contribution in [3.8, 4) is 0 Å². The Hall–Kier alpha value is 0.137. The van der Waals surface area contributed by atoms with Crippen molar-refractivity contribution in [1.82, 2.24) is 4.90 Å². The van der Waals surface area contributed by atoms with E-state index in [0.717, 1.165) is 10.5 Å². The molecule has 0 rings (SSSR count). The maximum absolute atomic E-state index is 5.83. The van der Waals surface area contributed by atoms with Crippen molar-refractivity contribution in [1.29, 1.82) is 0 Å². The normalized spacial score (nSPS) is 14.5. The Bertz CT molecular complexity index is 177. The molecule has 0 saturated carbocycles. The SMILES string of the molecule is CCCCN(CCCC)C(CC)C(C)(C)O[SiH3]. The van der Waals surface area contributed by atoms with E-state index in [-0.39, 0.29) is 5.60 Å². The van der Waals surface area contributed by atoms with Crippen LogP contribution in [0.1, 0.15) is 66.7 Å². The van der Waals surface area contributed by atoms with Crippen LogP contribution in [-0.4, -0.2) is 40.1 Å². The van der Waals surface area contributed by atoms with Crippen molar-refractivity contribution in [2.45, 2.75) is 78.4 Å². The van der Waals surface area contributed by atoms with E-state index in [9.17, 15) is 0 Å². The summed E-state index contributed by atoms with van der Waals surface area (Å²) in [5, 5.41) is 0. The fourth-order valence-electron chi connectivity index (χ4n) is 2.47. The minimum Gasteiger partial charge on any atom is -0.421 e. The van der Waals surface area contributed by atoms with E-state index < -0.39 is 0 Å². The van der Waals surface area contributed by atoms with Gasteiger partial charge in [-0.2, -0.15) is 0 Å². The fraction of sp³-hybridized carbons (Fsp3) is 1.00. The maximum atomic E-state index is 5.83. The first-order valence-electron chi connectivity index (χ1n) is 7.32. The van der Waals surface area contributed by atoms with E-state index in [0.29, 0.717) is 6.04 Å². The lowest BCUT2D eigenvalue weighted by Gasteiger charge is -2.41. The number of unbranched alkanes of at least 4 members (excludes halogenated alkanes) is 2. The van der Waals surface area contributed by atoms with Gasteiger partial charge in [-0.15, -0.1) is 0 Å². The van der Waals surface area contributed by atoms with Crippen LogP contribution in [0.5, 0.6) is 0 Å². The number of nitrogens with zero attached hydrogens (tertiary/aromatic N) is 1. The zero-order valence-corrected chi connectivity index (χ0v) is 14.9. The largest absolute Gasteiger partial charge is 0.421 e. The van der Waals surface area contributed by atoms with Crippen molar-refractivity contribution in [3.63, 3.8) is 0 Å². The smallest absolute Gasteiger partial charge is 0.146 e. The minimum atomic E-state index is 0.0163. The second-order valence-corrected chi connectivity index (χ2v) is 5.88. The highest BCUT2D eigenvalue weighted by atomic mass is 28.2. The molecule has 0 N–H and O–H groups in total. The first-order valence-corrected chi connectivity index (χ1v) is 8.14. The Morgan fingerprint density at radius 3 is 1.82 bits per heavy atom. The molecule has 0 spiro atoms. The van der Waals surface area contributed by atoms with Crippen LogP contribution in [0.3, 0.4) is 0 Å². The average molecular weight is 260 g/mol. The Kier molecular flexibility index (Phi) is 9.19. The highest BCUT2D eigenvalue weighted by molar-refractivity contribution is 5.98. The van der Waals surface area contributed by atoms with Gasteiger partial charge in [0.1, 0.15) is 10.5 Å². The van der Waals surface area contributed by atoms with Gasteiger partial charge in [-0.3, -0.25) is 4.90 Å². The molecule has 1 atom stereocenters. The molecule has 2 nitrogen and oxygen atoms in total. The summed E-state index contributed by atoms with van der Waals surface area (Å²) >= 11 is 0. The number of hydrogen-bond donors (Lipinski definition) is 0. The monoisotopic (exact) mass is 259 g/mol. The fourth-order valence-corrected chi connectivity index (χ4v) is 2.74. The molecule has 1 unspecified atom stereocenters. The van der Waals surface area contributed by atoms with E-state index in [1.54, 1.807) is 0 Å².